The number of rotatable bonds is 10. The Hall–Kier alpha value is -4.04. The molecule has 5 atom stereocenters. The molecule has 40 heavy (non-hydrogen) atoms. The smallest absolute Gasteiger partial charge is 0.303 e. The van der Waals surface area contributed by atoms with Crippen molar-refractivity contribution < 1.29 is 57.5 Å². The maximum absolute atomic E-state index is 12.7. The molecule has 1 N–H and O–H groups in total. The van der Waals surface area contributed by atoms with E-state index in [1.807, 2.05) is 6.92 Å². The van der Waals surface area contributed by atoms with E-state index in [1.165, 1.54) is 23.5 Å². The van der Waals surface area contributed by atoms with E-state index in [0.717, 1.165) is 38.8 Å². The summed E-state index contributed by atoms with van der Waals surface area (Å²) in [7, 11) is 0. The lowest BCUT2D eigenvalue weighted by atomic mass is 9.98. The molecular weight excluding hydrogens is 550 g/mol. The van der Waals surface area contributed by atoms with Crippen molar-refractivity contribution in [1.29, 1.82) is 0 Å². The predicted octanol–water partition coefficient (Wildman–Crippen LogP) is 2.04. The minimum atomic E-state index is -1.49. The molecule has 3 rings (SSSR count). The summed E-state index contributed by atoms with van der Waals surface area (Å²) in [5.74, 6) is -3.77. The van der Waals surface area contributed by atoms with Gasteiger partial charge in [0, 0.05) is 39.1 Å². The molecule has 14 heteroatoms. The molecule has 0 bridgehead atoms. The number of ketones is 1. The Balaban J connectivity index is 1.91. The molecule has 1 saturated heterocycles. The summed E-state index contributed by atoms with van der Waals surface area (Å²) in [5, 5.41) is 13.1. The van der Waals surface area contributed by atoms with Gasteiger partial charge in [0.25, 0.3) is 0 Å². The number of carbonyl (C=O) groups excluding carboxylic acids is 5. The molecule has 2 heterocycles. The number of carbonyl (C=O) groups is 5. The average Bonchev–Trinajstić information content (AvgIpc) is 3.25. The van der Waals surface area contributed by atoms with Crippen molar-refractivity contribution in [3.63, 3.8) is 0 Å². The molecule has 216 valence electrons. The summed E-state index contributed by atoms with van der Waals surface area (Å²) in [6.45, 7) is 5.86. The number of phenolic OH excluding ortho intramolecular Hbond substituents is 1. The van der Waals surface area contributed by atoms with E-state index in [0.29, 0.717) is 5.69 Å². The van der Waals surface area contributed by atoms with Crippen LogP contribution in [-0.2, 0) is 49.3 Å². The number of aromatic nitrogens is 1. The van der Waals surface area contributed by atoms with Gasteiger partial charge in [-0.05, 0) is 19.1 Å². The number of benzene rings is 1. The first kappa shape index (κ1) is 30.5. The lowest BCUT2D eigenvalue weighted by molar-refractivity contribution is -0.288. The van der Waals surface area contributed by atoms with Crippen molar-refractivity contribution in [3.8, 4) is 11.5 Å². The Morgan fingerprint density at radius 2 is 1.55 bits per heavy atom. The fourth-order valence-electron chi connectivity index (χ4n) is 3.99. The van der Waals surface area contributed by atoms with Gasteiger partial charge in [-0.25, -0.2) is 4.98 Å². The van der Waals surface area contributed by atoms with Crippen LogP contribution >= 0.6 is 11.3 Å². The second kappa shape index (κ2) is 13.3. The van der Waals surface area contributed by atoms with Crippen LogP contribution < -0.4 is 4.74 Å². The third-order valence-electron chi connectivity index (χ3n) is 5.48. The Bertz CT molecular complexity index is 1270. The molecule has 1 aliphatic heterocycles. The van der Waals surface area contributed by atoms with Gasteiger partial charge in [0.1, 0.15) is 24.2 Å². The van der Waals surface area contributed by atoms with Crippen molar-refractivity contribution in [1.82, 2.24) is 4.98 Å². The van der Waals surface area contributed by atoms with Crippen LogP contribution in [0.1, 0.15) is 48.8 Å². The molecule has 0 unspecified atom stereocenters. The van der Waals surface area contributed by atoms with Crippen LogP contribution in [0.5, 0.6) is 11.5 Å². The zero-order chi connectivity index (χ0) is 29.6. The van der Waals surface area contributed by atoms with Gasteiger partial charge in [0.05, 0.1) is 22.7 Å². The van der Waals surface area contributed by atoms with Gasteiger partial charge in [-0.2, -0.15) is 0 Å². The number of ether oxygens (including phenoxy) is 6. The van der Waals surface area contributed by atoms with Crippen molar-refractivity contribution in [2.45, 2.75) is 71.7 Å². The van der Waals surface area contributed by atoms with Gasteiger partial charge in [-0.3, -0.25) is 24.0 Å². The van der Waals surface area contributed by atoms with Crippen LogP contribution in [0.15, 0.2) is 23.6 Å². The molecule has 1 aliphatic rings. The van der Waals surface area contributed by atoms with Crippen LogP contribution in [-0.4, -0.2) is 77.1 Å². The van der Waals surface area contributed by atoms with Crippen molar-refractivity contribution in [3.05, 3.63) is 39.8 Å². The largest absolute Gasteiger partial charge is 0.507 e. The van der Waals surface area contributed by atoms with Crippen LogP contribution in [0, 0.1) is 6.92 Å². The molecule has 1 aromatic carbocycles. The van der Waals surface area contributed by atoms with E-state index >= 15 is 0 Å². The lowest BCUT2D eigenvalue weighted by Gasteiger charge is -2.43. The summed E-state index contributed by atoms with van der Waals surface area (Å²) in [6, 6.07) is 3.89. The number of esters is 4. The maximum Gasteiger partial charge on any atom is 0.303 e. The number of phenols is 1. The summed E-state index contributed by atoms with van der Waals surface area (Å²) in [6.07, 6.45) is -6.91. The van der Waals surface area contributed by atoms with Crippen molar-refractivity contribution >= 4 is 41.0 Å². The second-order valence-electron chi connectivity index (χ2n) is 8.82. The standard InChI is InChI=1S/C26H29NO12S/c1-12-27-17(11-40-12)8-20(32)19-7-6-18(9-21(19)33)38-26-25(37-16(5)31)24(36-15(4)30)23(35-14(3)29)22(39-26)10-34-13(2)28/h6-7,9,11,22-26,33H,8,10H2,1-5H3/t22-,23-,24+,25-,26-/m0/s1. The lowest BCUT2D eigenvalue weighted by Crippen LogP contribution is -2.63. The molecule has 0 saturated carbocycles. The Labute approximate surface area is 233 Å². The fourth-order valence-corrected chi connectivity index (χ4v) is 4.60. The second-order valence-corrected chi connectivity index (χ2v) is 9.88. The molecule has 1 aromatic heterocycles. The maximum atomic E-state index is 12.7. The quantitative estimate of drug-likeness (QED) is 0.246. The van der Waals surface area contributed by atoms with Crippen LogP contribution in [0.3, 0.4) is 0 Å². The van der Waals surface area contributed by atoms with Crippen LogP contribution in [0.4, 0.5) is 0 Å². The Kier molecular flexibility index (Phi) is 10.2. The van der Waals surface area contributed by atoms with E-state index in [2.05, 4.69) is 4.98 Å². The summed E-state index contributed by atoms with van der Waals surface area (Å²) < 4.78 is 32.8. The number of aryl methyl sites for hydroxylation is 1. The van der Waals surface area contributed by atoms with Crippen molar-refractivity contribution in [2.24, 2.45) is 0 Å². The fraction of sp³-hybridized carbons (Fsp3) is 0.462. The molecular formula is C26H29NO12S. The number of hydrogen-bond acceptors (Lipinski definition) is 14. The van der Waals surface area contributed by atoms with Crippen LogP contribution in [0.2, 0.25) is 0 Å². The summed E-state index contributed by atoms with van der Waals surface area (Å²) in [4.78, 5) is 64.2. The van der Waals surface area contributed by atoms with Gasteiger partial charge in [0.15, 0.2) is 18.0 Å². The van der Waals surface area contributed by atoms with E-state index < -0.39 is 61.2 Å². The molecule has 0 amide bonds. The third kappa shape index (κ3) is 8.23. The highest BCUT2D eigenvalue weighted by molar-refractivity contribution is 7.09. The first-order valence-corrected chi connectivity index (χ1v) is 13.0. The van der Waals surface area contributed by atoms with E-state index in [1.54, 1.807) is 5.38 Å². The molecule has 0 spiro atoms. The number of hydrogen-bond donors (Lipinski definition) is 1. The highest BCUT2D eigenvalue weighted by Crippen LogP contribution is 2.33. The molecule has 1 fully saturated rings. The Morgan fingerprint density at radius 1 is 0.925 bits per heavy atom. The zero-order valence-corrected chi connectivity index (χ0v) is 23.2. The first-order valence-electron chi connectivity index (χ1n) is 12.1. The third-order valence-corrected chi connectivity index (χ3v) is 6.30. The molecule has 0 aliphatic carbocycles. The van der Waals surface area contributed by atoms with E-state index in [-0.39, 0.29) is 29.3 Å². The minimum Gasteiger partial charge on any atom is -0.507 e. The summed E-state index contributed by atoms with van der Waals surface area (Å²) in [5.41, 5.74) is 0.601. The Morgan fingerprint density at radius 3 is 2.10 bits per heavy atom. The van der Waals surface area contributed by atoms with Crippen molar-refractivity contribution in [2.75, 3.05) is 6.61 Å². The predicted molar refractivity (Wildman–Crippen MR) is 136 cm³/mol. The normalized spacial score (nSPS) is 22.1. The zero-order valence-electron chi connectivity index (χ0n) is 22.4. The number of thiazole rings is 1. The van der Waals surface area contributed by atoms with Gasteiger partial charge < -0.3 is 33.5 Å². The highest BCUT2D eigenvalue weighted by Gasteiger charge is 2.53. The molecule has 2 aromatic rings. The summed E-state index contributed by atoms with van der Waals surface area (Å²) >= 11 is 1.40. The van der Waals surface area contributed by atoms with Gasteiger partial charge in [-0.15, -0.1) is 11.3 Å². The molecule has 0 radical (unpaired) electrons. The monoisotopic (exact) mass is 579 g/mol. The first-order chi connectivity index (χ1) is 18.8. The van der Waals surface area contributed by atoms with Gasteiger partial charge >= 0.3 is 23.9 Å². The van der Waals surface area contributed by atoms with Gasteiger partial charge in [0.2, 0.25) is 12.4 Å². The topological polar surface area (TPSA) is 174 Å². The van der Waals surface area contributed by atoms with E-state index in [4.69, 9.17) is 28.4 Å². The molecule has 13 nitrogen and oxygen atoms in total. The number of aromatic hydroxyl groups is 1. The highest BCUT2D eigenvalue weighted by atomic mass is 32.1. The van der Waals surface area contributed by atoms with Gasteiger partial charge in [-0.1, -0.05) is 0 Å². The van der Waals surface area contributed by atoms with Crippen LogP contribution in [0.25, 0.3) is 0 Å². The number of nitrogens with zero attached hydrogens (tertiary/aromatic N) is 1. The minimum absolute atomic E-state index is 0.000507. The average molecular weight is 580 g/mol. The number of Topliss-reactive ketones (excluding diaryl/α,β-unsaturated/α-hetero) is 1. The SMILES string of the molecule is CC(=O)OC[C@@H]1O[C@H](Oc2ccc(C(=O)Cc3csc(C)n3)c(O)c2)[C@@H](OC(C)=O)[C@H](OC(C)=O)[C@H]1OC(C)=O. The van der Waals surface area contributed by atoms with E-state index in [9.17, 15) is 29.1 Å².